The Morgan fingerprint density at radius 1 is 1.48 bits per heavy atom. The molecule has 0 saturated carbocycles. The van der Waals surface area contributed by atoms with E-state index in [9.17, 15) is 18.0 Å². The number of carbonyl (C=O) groups excluding carboxylic acids is 1. The smallest absolute Gasteiger partial charge is 0.254 e. The summed E-state index contributed by atoms with van der Waals surface area (Å²) in [6, 6.07) is 0. The third kappa shape index (κ3) is 2.99. The van der Waals surface area contributed by atoms with Gasteiger partial charge < -0.3 is 9.88 Å². The Morgan fingerprint density at radius 2 is 2.14 bits per heavy atom. The van der Waals surface area contributed by atoms with E-state index in [-0.39, 0.29) is 17.9 Å². The summed E-state index contributed by atoms with van der Waals surface area (Å²) in [6.45, 7) is 5.13. The van der Waals surface area contributed by atoms with E-state index in [0.717, 1.165) is 0 Å². The van der Waals surface area contributed by atoms with Gasteiger partial charge in [-0.05, 0) is 20.3 Å². The number of hydrogen-bond donors (Lipinski definition) is 1. The summed E-state index contributed by atoms with van der Waals surface area (Å²) in [6.07, 6.45) is 0.391. The first-order valence-corrected chi connectivity index (χ1v) is 8.56. The van der Waals surface area contributed by atoms with Crippen LogP contribution in [0.1, 0.15) is 30.9 Å². The highest BCUT2D eigenvalue weighted by molar-refractivity contribution is 7.92. The first kappa shape index (κ1) is 15.7. The predicted molar refractivity (Wildman–Crippen MR) is 77.6 cm³/mol. The van der Waals surface area contributed by atoms with Gasteiger partial charge >= 0.3 is 0 Å². The van der Waals surface area contributed by atoms with Gasteiger partial charge in [-0.3, -0.25) is 9.59 Å². The molecule has 8 heteroatoms. The number of carbonyl (C=O) groups is 1. The minimum atomic E-state index is -3.42. The number of amides is 1. The molecule has 1 atom stereocenters. The molecular formula is C13H19N3O4S. The lowest BCUT2D eigenvalue weighted by molar-refractivity contribution is -0.131. The maximum absolute atomic E-state index is 12.3. The maximum atomic E-state index is 12.3. The summed E-state index contributed by atoms with van der Waals surface area (Å²) in [5.41, 5.74) is 0.950. The molecule has 1 amide bonds. The van der Waals surface area contributed by atoms with Gasteiger partial charge in [0.2, 0.25) is 5.91 Å². The van der Waals surface area contributed by atoms with Gasteiger partial charge in [0.25, 0.3) is 5.56 Å². The zero-order valence-electron chi connectivity index (χ0n) is 12.3. The number of nitrogens with zero attached hydrogens (tertiary/aromatic N) is 2. The molecule has 0 aromatic carbocycles. The summed E-state index contributed by atoms with van der Waals surface area (Å²) in [4.78, 5) is 32.5. The Bertz CT molecular complexity index is 723. The summed E-state index contributed by atoms with van der Waals surface area (Å²) < 4.78 is 23.6. The van der Waals surface area contributed by atoms with Gasteiger partial charge in [0.05, 0.1) is 12.2 Å². The number of aromatic nitrogens is 2. The molecule has 0 bridgehead atoms. The normalized spacial score (nSPS) is 16.4. The standard InChI is InChI=1S/C13H19N3O4S/c1-4-21(19,20)8(2)13(18)16-6-5-10-11(7-16)14-9(3)15-12(10)17/h8H,4-7H2,1-3H3,(H,14,15,17)/t8-/m0/s1. The number of aromatic amines is 1. The number of H-pyrrole nitrogens is 1. The minimum absolute atomic E-state index is 0.0681. The first-order valence-electron chi connectivity index (χ1n) is 6.85. The minimum Gasteiger partial charge on any atom is -0.335 e. The van der Waals surface area contributed by atoms with Gasteiger partial charge in [0.15, 0.2) is 9.84 Å². The van der Waals surface area contributed by atoms with Crippen LogP contribution in [0.15, 0.2) is 4.79 Å². The third-order valence-electron chi connectivity index (χ3n) is 3.79. The SMILES string of the molecule is CCS(=O)(=O)[C@@H](C)C(=O)N1CCc2c(nc(C)[nH]c2=O)C1. The molecule has 0 radical (unpaired) electrons. The molecule has 1 aliphatic heterocycles. The Hall–Kier alpha value is -1.70. The van der Waals surface area contributed by atoms with Crippen molar-refractivity contribution in [2.75, 3.05) is 12.3 Å². The van der Waals surface area contributed by atoms with Crippen LogP contribution in [0.2, 0.25) is 0 Å². The van der Waals surface area contributed by atoms with Crippen LogP contribution in [0.3, 0.4) is 0 Å². The van der Waals surface area contributed by atoms with Crippen LogP contribution in [0.4, 0.5) is 0 Å². The largest absolute Gasteiger partial charge is 0.335 e. The lowest BCUT2D eigenvalue weighted by Gasteiger charge is -2.29. The maximum Gasteiger partial charge on any atom is 0.254 e. The monoisotopic (exact) mass is 313 g/mol. The van der Waals surface area contributed by atoms with Gasteiger partial charge in [-0.2, -0.15) is 0 Å². The molecule has 0 aliphatic carbocycles. The predicted octanol–water partition coefficient (Wildman–Crippen LogP) is -0.214. The molecule has 1 aromatic heterocycles. The highest BCUT2D eigenvalue weighted by Gasteiger charge is 2.32. The summed E-state index contributed by atoms with van der Waals surface area (Å²) in [5.74, 6) is -0.00836. The first-order chi connectivity index (χ1) is 9.76. The quantitative estimate of drug-likeness (QED) is 0.832. The summed E-state index contributed by atoms with van der Waals surface area (Å²) in [7, 11) is -3.42. The molecule has 1 aliphatic rings. The van der Waals surface area contributed by atoms with Crippen LogP contribution >= 0.6 is 0 Å². The molecule has 0 fully saturated rings. The van der Waals surface area contributed by atoms with Crippen LogP contribution in [-0.4, -0.2) is 46.7 Å². The van der Waals surface area contributed by atoms with E-state index in [2.05, 4.69) is 9.97 Å². The van der Waals surface area contributed by atoms with Crippen LogP contribution in [0.25, 0.3) is 0 Å². The van der Waals surface area contributed by atoms with Gasteiger partial charge in [0.1, 0.15) is 11.1 Å². The number of aryl methyl sites for hydroxylation is 1. The van der Waals surface area contributed by atoms with Gasteiger partial charge in [0, 0.05) is 17.9 Å². The van der Waals surface area contributed by atoms with Crippen molar-refractivity contribution in [1.29, 1.82) is 0 Å². The van der Waals surface area contributed by atoms with E-state index in [1.807, 2.05) is 0 Å². The van der Waals surface area contributed by atoms with Crippen molar-refractivity contribution >= 4 is 15.7 Å². The van der Waals surface area contributed by atoms with Crippen LogP contribution in [0.5, 0.6) is 0 Å². The Balaban J connectivity index is 2.26. The molecule has 1 N–H and O–H groups in total. The second-order valence-electron chi connectivity index (χ2n) is 5.18. The Morgan fingerprint density at radius 3 is 2.76 bits per heavy atom. The fourth-order valence-electron chi connectivity index (χ4n) is 2.41. The van der Waals surface area contributed by atoms with Crippen LogP contribution < -0.4 is 5.56 Å². The highest BCUT2D eigenvalue weighted by atomic mass is 32.2. The number of nitrogens with one attached hydrogen (secondary N) is 1. The van der Waals surface area contributed by atoms with Crippen molar-refractivity contribution in [2.24, 2.45) is 0 Å². The van der Waals surface area contributed by atoms with Crippen molar-refractivity contribution in [3.05, 3.63) is 27.4 Å². The Labute approximate surface area is 123 Å². The molecule has 2 heterocycles. The molecular weight excluding hydrogens is 294 g/mol. The van der Waals surface area contributed by atoms with Gasteiger partial charge in [-0.25, -0.2) is 13.4 Å². The molecule has 0 saturated heterocycles. The molecule has 2 rings (SSSR count). The van der Waals surface area contributed by atoms with Crippen molar-refractivity contribution in [2.45, 2.75) is 39.0 Å². The van der Waals surface area contributed by atoms with E-state index < -0.39 is 21.0 Å². The highest BCUT2D eigenvalue weighted by Crippen LogP contribution is 2.16. The second kappa shape index (κ2) is 5.59. The number of fused-ring (bicyclic) bond motifs is 1. The molecule has 0 spiro atoms. The third-order valence-corrected chi connectivity index (χ3v) is 5.88. The average Bonchev–Trinajstić information content (AvgIpc) is 2.44. The number of hydrogen-bond acceptors (Lipinski definition) is 5. The topological polar surface area (TPSA) is 100 Å². The Kier molecular flexibility index (Phi) is 4.18. The second-order valence-corrected chi connectivity index (χ2v) is 7.79. The molecule has 1 aromatic rings. The van der Waals surface area contributed by atoms with E-state index in [1.54, 1.807) is 6.92 Å². The number of rotatable bonds is 3. The van der Waals surface area contributed by atoms with E-state index in [4.69, 9.17) is 0 Å². The fourth-order valence-corrected chi connectivity index (χ4v) is 3.37. The zero-order chi connectivity index (χ0) is 15.8. The van der Waals surface area contributed by atoms with Crippen molar-refractivity contribution in [3.63, 3.8) is 0 Å². The molecule has 116 valence electrons. The zero-order valence-corrected chi connectivity index (χ0v) is 13.2. The lowest BCUT2D eigenvalue weighted by Crippen LogP contribution is -2.45. The average molecular weight is 313 g/mol. The molecule has 7 nitrogen and oxygen atoms in total. The summed E-state index contributed by atoms with van der Waals surface area (Å²) in [5, 5.41) is -1.06. The molecule has 0 unspecified atom stereocenters. The van der Waals surface area contributed by atoms with Crippen molar-refractivity contribution in [3.8, 4) is 0 Å². The van der Waals surface area contributed by atoms with Crippen LogP contribution in [0, 0.1) is 6.92 Å². The number of sulfone groups is 1. The molecule has 21 heavy (non-hydrogen) atoms. The fraction of sp³-hybridized carbons (Fsp3) is 0.615. The summed E-state index contributed by atoms with van der Waals surface area (Å²) >= 11 is 0. The van der Waals surface area contributed by atoms with E-state index in [0.29, 0.717) is 30.0 Å². The van der Waals surface area contributed by atoms with Gasteiger partial charge in [-0.15, -0.1) is 0 Å². The van der Waals surface area contributed by atoms with E-state index >= 15 is 0 Å². The van der Waals surface area contributed by atoms with Crippen LogP contribution in [-0.2, 0) is 27.6 Å². The van der Waals surface area contributed by atoms with Crippen molar-refractivity contribution < 1.29 is 13.2 Å². The lowest BCUT2D eigenvalue weighted by atomic mass is 10.1. The van der Waals surface area contributed by atoms with Gasteiger partial charge in [-0.1, -0.05) is 6.92 Å². The van der Waals surface area contributed by atoms with Crippen molar-refractivity contribution in [1.82, 2.24) is 14.9 Å². The van der Waals surface area contributed by atoms with E-state index in [1.165, 1.54) is 18.7 Å².